The molecule has 0 spiro atoms. The second-order valence-electron chi connectivity index (χ2n) is 3.85. The highest BCUT2D eigenvalue weighted by atomic mass is 16.5. The summed E-state index contributed by atoms with van der Waals surface area (Å²) in [6, 6.07) is 0. The van der Waals surface area contributed by atoms with E-state index in [1.807, 2.05) is 13.8 Å². The van der Waals surface area contributed by atoms with E-state index < -0.39 is 18.2 Å². The Morgan fingerprint density at radius 1 is 1.25 bits per heavy atom. The molecule has 2 atom stereocenters. The highest BCUT2D eigenvalue weighted by Crippen LogP contribution is 2.04. The zero-order valence-electron chi connectivity index (χ0n) is 10.3. The van der Waals surface area contributed by atoms with Gasteiger partial charge in [0.2, 0.25) is 0 Å². The lowest BCUT2D eigenvalue weighted by Gasteiger charge is -2.09. The summed E-state index contributed by atoms with van der Waals surface area (Å²) in [7, 11) is 0. The summed E-state index contributed by atoms with van der Waals surface area (Å²) < 4.78 is 4.88. The van der Waals surface area contributed by atoms with E-state index in [1.54, 1.807) is 13.0 Å². The highest BCUT2D eigenvalue weighted by Gasteiger charge is 2.09. The maximum Gasteiger partial charge on any atom is 0.333 e. The van der Waals surface area contributed by atoms with Gasteiger partial charge in [0, 0.05) is 5.57 Å². The molecule has 0 aromatic carbocycles. The fraction of sp³-hybridized carbons (Fsp3) is 0.750. The van der Waals surface area contributed by atoms with Crippen molar-refractivity contribution in [1.82, 2.24) is 0 Å². The van der Waals surface area contributed by atoms with Crippen molar-refractivity contribution in [3.05, 3.63) is 11.6 Å². The molecule has 0 amide bonds. The molecule has 0 heterocycles. The van der Waals surface area contributed by atoms with Crippen LogP contribution in [-0.4, -0.2) is 35.0 Å². The molecule has 2 unspecified atom stereocenters. The van der Waals surface area contributed by atoms with E-state index in [1.165, 1.54) is 0 Å². The lowest BCUT2D eigenvalue weighted by molar-refractivity contribution is -0.141. The van der Waals surface area contributed by atoms with Crippen molar-refractivity contribution in [3.8, 4) is 0 Å². The topological polar surface area (TPSA) is 66.8 Å². The van der Waals surface area contributed by atoms with Crippen LogP contribution >= 0.6 is 0 Å². The average molecular weight is 230 g/mol. The minimum Gasteiger partial charge on any atom is -0.460 e. The van der Waals surface area contributed by atoms with Crippen LogP contribution in [0, 0.1) is 0 Å². The summed E-state index contributed by atoms with van der Waals surface area (Å²) in [6.07, 6.45) is 2.32. The first-order valence-electron chi connectivity index (χ1n) is 5.71. The number of aliphatic hydroxyl groups is 2. The van der Waals surface area contributed by atoms with Crippen molar-refractivity contribution in [2.24, 2.45) is 0 Å². The molecule has 0 bridgehead atoms. The first-order chi connectivity index (χ1) is 7.51. The van der Waals surface area contributed by atoms with Crippen LogP contribution in [0.5, 0.6) is 0 Å². The number of esters is 1. The maximum atomic E-state index is 11.4. The van der Waals surface area contributed by atoms with Gasteiger partial charge in [-0.25, -0.2) is 4.79 Å². The third-order valence-electron chi connectivity index (χ3n) is 2.37. The number of ether oxygens (including phenoxy) is 1. The van der Waals surface area contributed by atoms with Gasteiger partial charge in [-0.1, -0.05) is 19.9 Å². The van der Waals surface area contributed by atoms with Crippen LogP contribution in [0.15, 0.2) is 11.6 Å². The molecule has 94 valence electrons. The number of rotatable bonds is 7. The molecule has 0 fully saturated rings. The van der Waals surface area contributed by atoms with Crippen LogP contribution in [0.1, 0.15) is 40.0 Å². The summed E-state index contributed by atoms with van der Waals surface area (Å²) in [5.41, 5.74) is 0.468. The van der Waals surface area contributed by atoms with Gasteiger partial charge in [-0.05, 0) is 26.2 Å². The molecule has 0 aliphatic rings. The molecule has 4 nitrogen and oxygen atoms in total. The van der Waals surface area contributed by atoms with E-state index >= 15 is 0 Å². The van der Waals surface area contributed by atoms with E-state index in [-0.39, 0.29) is 6.61 Å². The molecule has 0 aliphatic heterocycles. The Morgan fingerprint density at radius 2 is 1.81 bits per heavy atom. The Hall–Kier alpha value is -0.870. The molecule has 2 N–H and O–H groups in total. The van der Waals surface area contributed by atoms with Crippen molar-refractivity contribution in [2.45, 2.75) is 52.2 Å². The third kappa shape index (κ3) is 6.58. The number of hydrogen-bond acceptors (Lipinski definition) is 4. The Bertz CT molecular complexity index is 235. The molecule has 0 rings (SSSR count). The number of carbonyl (C=O) groups is 1. The molecular formula is C12H22O4. The number of aliphatic hydroxyl groups excluding tert-OH is 2. The van der Waals surface area contributed by atoms with Crippen LogP contribution < -0.4 is 0 Å². The van der Waals surface area contributed by atoms with Crippen LogP contribution in [0.3, 0.4) is 0 Å². The molecule has 0 aromatic rings. The van der Waals surface area contributed by atoms with Crippen molar-refractivity contribution >= 4 is 5.97 Å². The fourth-order valence-electron chi connectivity index (χ4n) is 0.966. The fourth-order valence-corrected chi connectivity index (χ4v) is 0.966. The monoisotopic (exact) mass is 230 g/mol. The zero-order valence-corrected chi connectivity index (χ0v) is 10.3. The quantitative estimate of drug-likeness (QED) is 0.512. The molecule has 4 heteroatoms. The standard InChI is InChI=1S/C12H22O4/c1-4-10(13)7-6-9(3)12(15)16-8-11(14)5-2/h6,10-11,13-14H,4-5,7-8H2,1-3H3. The second-order valence-corrected chi connectivity index (χ2v) is 3.85. The smallest absolute Gasteiger partial charge is 0.333 e. The average Bonchev–Trinajstić information content (AvgIpc) is 2.31. The van der Waals surface area contributed by atoms with Gasteiger partial charge < -0.3 is 14.9 Å². The molecule has 16 heavy (non-hydrogen) atoms. The largest absolute Gasteiger partial charge is 0.460 e. The molecule has 0 aliphatic carbocycles. The van der Waals surface area contributed by atoms with E-state index in [9.17, 15) is 15.0 Å². The van der Waals surface area contributed by atoms with Gasteiger partial charge >= 0.3 is 5.97 Å². The van der Waals surface area contributed by atoms with E-state index in [0.717, 1.165) is 0 Å². The summed E-state index contributed by atoms with van der Waals surface area (Å²) in [4.78, 5) is 11.4. The van der Waals surface area contributed by atoms with Crippen LogP contribution in [0.25, 0.3) is 0 Å². The van der Waals surface area contributed by atoms with Crippen LogP contribution in [-0.2, 0) is 9.53 Å². The van der Waals surface area contributed by atoms with Crippen LogP contribution in [0.2, 0.25) is 0 Å². The Balaban J connectivity index is 3.98. The van der Waals surface area contributed by atoms with Crippen LogP contribution in [0.4, 0.5) is 0 Å². The van der Waals surface area contributed by atoms with E-state index in [4.69, 9.17) is 4.74 Å². The summed E-state index contributed by atoms with van der Waals surface area (Å²) >= 11 is 0. The molecule has 0 radical (unpaired) electrons. The first kappa shape index (κ1) is 15.1. The summed E-state index contributed by atoms with van der Waals surface area (Å²) in [5.74, 6) is -0.434. The minimum absolute atomic E-state index is 0.0246. The van der Waals surface area contributed by atoms with Gasteiger partial charge in [0.25, 0.3) is 0 Å². The predicted octanol–water partition coefficient (Wildman–Crippen LogP) is 1.41. The second kappa shape index (κ2) is 8.30. The van der Waals surface area contributed by atoms with Gasteiger partial charge in [-0.3, -0.25) is 0 Å². The summed E-state index contributed by atoms with van der Waals surface area (Å²) in [6.45, 7) is 5.36. The first-order valence-corrected chi connectivity index (χ1v) is 5.71. The van der Waals surface area contributed by atoms with Crippen molar-refractivity contribution in [1.29, 1.82) is 0 Å². The van der Waals surface area contributed by atoms with Crippen molar-refractivity contribution in [3.63, 3.8) is 0 Å². The highest BCUT2D eigenvalue weighted by molar-refractivity contribution is 5.87. The van der Waals surface area contributed by atoms with Crippen molar-refractivity contribution in [2.75, 3.05) is 6.61 Å². The Kier molecular flexibility index (Phi) is 7.85. The lowest BCUT2D eigenvalue weighted by Crippen LogP contribution is -2.18. The minimum atomic E-state index is -0.599. The SMILES string of the molecule is CCC(O)CC=C(C)C(=O)OCC(O)CC. The van der Waals surface area contributed by atoms with Gasteiger partial charge in [0.05, 0.1) is 12.2 Å². The third-order valence-corrected chi connectivity index (χ3v) is 2.37. The lowest BCUT2D eigenvalue weighted by atomic mass is 10.1. The van der Waals surface area contributed by atoms with E-state index in [2.05, 4.69) is 0 Å². The molecular weight excluding hydrogens is 208 g/mol. The zero-order chi connectivity index (χ0) is 12.6. The molecule has 0 saturated carbocycles. The van der Waals surface area contributed by atoms with E-state index in [0.29, 0.717) is 24.8 Å². The molecule has 0 saturated heterocycles. The molecule has 0 aromatic heterocycles. The number of hydrogen-bond donors (Lipinski definition) is 2. The van der Waals surface area contributed by atoms with Gasteiger partial charge in [0.1, 0.15) is 6.61 Å². The number of carbonyl (C=O) groups excluding carboxylic acids is 1. The van der Waals surface area contributed by atoms with Gasteiger partial charge in [-0.15, -0.1) is 0 Å². The predicted molar refractivity (Wildman–Crippen MR) is 61.9 cm³/mol. The normalized spacial score (nSPS) is 15.7. The summed E-state index contributed by atoms with van der Waals surface area (Å²) in [5, 5.41) is 18.5. The maximum absolute atomic E-state index is 11.4. The van der Waals surface area contributed by atoms with Crippen molar-refractivity contribution < 1.29 is 19.7 Å². The van der Waals surface area contributed by atoms with Gasteiger partial charge in [-0.2, -0.15) is 0 Å². The van der Waals surface area contributed by atoms with Gasteiger partial charge in [0.15, 0.2) is 0 Å². The Labute approximate surface area is 96.9 Å². The Morgan fingerprint density at radius 3 is 2.31 bits per heavy atom.